The fraction of sp³-hybridized carbons (Fsp3) is 0.381. The van der Waals surface area contributed by atoms with Gasteiger partial charge in [0.25, 0.3) is 0 Å². The van der Waals surface area contributed by atoms with Gasteiger partial charge in [-0.15, -0.1) is 0 Å². The summed E-state index contributed by atoms with van der Waals surface area (Å²) >= 11 is 0. The Balaban J connectivity index is 2.07. The van der Waals surface area contributed by atoms with Gasteiger partial charge in [0, 0.05) is 19.0 Å². The van der Waals surface area contributed by atoms with Crippen molar-refractivity contribution in [3.63, 3.8) is 0 Å². The van der Waals surface area contributed by atoms with Crippen LogP contribution in [0.3, 0.4) is 0 Å². The number of methoxy groups -OCH3 is 3. The van der Waals surface area contributed by atoms with Crippen molar-refractivity contribution in [3.8, 4) is 23.0 Å². The lowest BCUT2D eigenvalue weighted by molar-refractivity contribution is -0.131. The summed E-state index contributed by atoms with van der Waals surface area (Å²) in [5.74, 6) is 1.58. The molecule has 0 fully saturated rings. The predicted octanol–water partition coefficient (Wildman–Crippen LogP) is 3.11. The van der Waals surface area contributed by atoms with Crippen molar-refractivity contribution in [2.75, 3.05) is 27.9 Å². The molecular weight excluding hydrogens is 346 g/mol. The Bertz CT molecular complexity index is 831. The smallest absolute Gasteiger partial charge is 0.219 e. The van der Waals surface area contributed by atoms with E-state index in [1.165, 1.54) is 7.11 Å². The van der Waals surface area contributed by atoms with Gasteiger partial charge >= 0.3 is 0 Å². The first-order valence-electron chi connectivity index (χ1n) is 8.87. The van der Waals surface area contributed by atoms with Crippen molar-refractivity contribution in [2.45, 2.75) is 25.8 Å². The van der Waals surface area contributed by atoms with Crippen molar-refractivity contribution in [1.29, 1.82) is 0 Å². The molecule has 0 radical (unpaired) electrons. The minimum absolute atomic E-state index is 0.0200. The van der Waals surface area contributed by atoms with Gasteiger partial charge in [-0.25, -0.2) is 0 Å². The number of phenolic OH excluding ortho intramolecular Hbond substituents is 1. The van der Waals surface area contributed by atoms with Gasteiger partial charge in [0.05, 0.1) is 27.4 Å². The van der Waals surface area contributed by atoms with E-state index < -0.39 is 0 Å². The lowest BCUT2D eigenvalue weighted by Crippen LogP contribution is -2.39. The number of amides is 1. The summed E-state index contributed by atoms with van der Waals surface area (Å²) in [6, 6.07) is 9.36. The second-order valence-corrected chi connectivity index (χ2v) is 6.56. The molecule has 144 valence electrons. The van der Waals surface area contributed by atoms with Crippen LogP contribution in [0.5, 0.6) is 23.0 Å². The highest BCUT2D eigenvalue weighted by molar-refractivity contribution is 5.75. The number of hydrogen-bond acceptors (Lipinski definition) is 5. The largest absolute Gasteiger partial charge is 0.504 e. The van der Waals surface area contributed by atoms with E-state index in [9.17, 15) is 9.90 Å². The highest BCUT2D eigenvalue weighted by Gasteiger charge is 2.34. The molecule has 0 bridgehead atoms. The van der Waals surface area contributed by atoms with E-state index in [1.54, 1.807) is 26.0 Å². The molecule has 0 saturated carbocycles. The van der Waals surface area contributed by atoms with Crippen LogP contribution in [0.2, 0.25) is 0 Å². The van der Waals surface area contributed by atoms with Gasteiger partial charge in [0.2, 0.25) is 11.7 Å². The molecular formula is C21H25NO5. The second kappa shape index (κ2) is 7.78. The summed E-state index contributed by atoms with van der Waals surface area (Å²) in [5, 5.41) is 10.9. The van der Waals surface area contributed by atoms with E-state index in [0.717, 1.165) is 22.4 Å². The zero-order valence-corrected chi connectivity index (χ0v) is 16.1. The SMILES string of the molecule is COc1ccc(CC2c3c(cc(OC)c(OC)c3O)CCN2C(C)=O)cc1. The fourth-order valence-electron chi connectivity index (χ4n) is 3.75. The summed E-state index contributed by atoms with van der Waals surface area (Å²) in [6.45, 7) is 2.15. The first-order valence-corrected chi connectivity index (χ1v) is 8.87. The van der Waals surface area contributed by atoms with Crippen molar-refractivity contribution in [3.05, 3.63) is 47.0 Å². The first-order chi connectivity index (χ1) is 13.0. The van der Waals surface area contributed by atoms with Crippen molar-refractivity contribution in [2.24, 2.45) is 0 Å². The van der Waals surface area contributed by atoms with E-state index >= 15 is 0 Å². The molecule has 1 aliphatic rings. The van der Waals surface area contributed by atoms with Crippen LogP contribution >= 0.6 is 0 Å². The summed E-state index contributed by atoms with van der Waals surface area (Å²) in [7, 11) is 4.67. The molecule has 3 rings (SSSR count). The van der Waals surface area contributed by atoms with E-state index in [2.05, 4.69) is 0 Å². The first kappa shape index (κ1) is 18.9. The summed E-state index contributed by atoms with van der Waals surface area (Å²) < 4.78 is 15.9. The average Bonchev–Trinajstić information content (AvgIpc) is 2.68. The van der Waals surface area contributed by atoms with Crippen LogP contribution in [-0.4, -0.2) is 43.8 Å². The minimum atomic E-state index is -0.278. The number of fused-ring (bicyclic) bond motifs is 1. The third-order valence-electron chi connectivity index (χ3n) is 5.09. The number of nitrogens with zero attached hydrogens (tertiary/aromatic N) is 1. The van der Waals surface area contributed by atoms with Crippen LogP contribution < -0.4 is 14.2 Å². The summed E-state index contributed by atoms with van der Waals surface area (Å²) in [4.78, 5) is 14.1. The number of carbonyl (C=O) groups is 1. The monoisotopic (exact) mass is 371 g/mol. The van der Waals surface area contributed by atoms with Crippen LogP contribution in [0, 0.1) is 0 Å². The van der Waals surface area contributed by atoms with Gasteiger partial charge in [-0.05, 0) is 42.2 Å². The van der Waals surface area contributed by atoms with Crippen molar-refractivity contribution >= 4 is 5.91 Å². The lowest BCUT2D eigenvalue weighted by atomic mass is 9.87. The van der Waals surface area contributed by atoms with Gasteiger partial charge in [-0.2, -0.15) is 0 Å². The van der Waals surface area contributed by atoms with Gasteiger partial charge in [0.1, 0.15) is 5.75 Å². The number of rotatable bonds is 5. The molecule has 2 aromatic rings. The highest BCUT2D eigenvalue weighted by Crippen LogP contribution is 2.47. The van der Waals surface area contributed by atoms with Crippen LogP contribution in [0.4, 0.5) is 0 Å². The fourth-order valence-corrected chi connectivity index (χ4v) is 3.75. The Labute approximate surface area is 159 Å². The van der Waals surface area contributed by atoms with Crippen LogP contribution in [0.15, 0.2) is 30.3 Å². The average molecular weight is 371 g/mol. The maximum absolute atomic E-state index is 12.3. The quantitative estimate of drug-likeness (QED) is 0.875. The lowest BCUT2D eigenvalue weighted by Gasteiger charge is -2.38. The molecule has 1 aliphatic heterocycles. The van der Waals surface area contributed by atoms with Crippen LogP contribution in [0.25, 0.3) is 0 Å². The molecule has 6 heteroatoms. The maximum atomic E-state index is 12.3. The molecule has 6 nitrogen and oxygen atoms in total. The molecule has 2 aromatic carbocycles. The minimum Gasteiger partial charge on any atom is -0.504 e. The highest BCUT2D eigenvalue weighted by atomic mass is 16.5. The Morgan fingerprint density at radius 2 is 1.85 bits per heavy atom. The van der Waals surface area contributed by atoms with E-state index in [4.69, 9.17) is 14.2 Å². The zero-order valence-electron chi connectivity index (χ0n) is 16.1. The molecule has 1 amide bonds. The summed E-state index contributed by atoms with van der Waals surface area (Å²) in [5.41, 5.74) is 2.75. The second-order valence-electron chi connectivity index (χ2n) is 6.56. The predicted molar refractivity (Wildman–Crippen MR) is 102 cm³/mol. The number of carbonyl (C=O) groups excluding carboxylic acids is 1. The summed E-state index contributed by atoms with van der Waals surface area (Å²) in [6.07, 6.45) is 1.24. The number of hydrogen-bond donors (Lipinski definition) is 1. The van der Waals surface area contributed by atoms with Crippen molar-refractivity contribution in [1.82, 2.24) is 4.90 Å². The van der Waals surface area contributed by atoms with Crippen molar-refractivity contribution < 1.29 is 24.1 Å². The number of benzene rings is 2. The molecule has 0 aromatic heterocycles. The molecule has 0 saturated heterocycles. The molecule has 1 heterocycles. The van der Waals surface area contributed by atoms with Crippen LogP contribution in [0.1, 0.15) is 29.7 Å². The third kappa shape index (κ3) is 3.52. The van der Waals surface area contributed by atoms with Gasteiger partial charge in [-0.3, -0.25) is 4.79 Å². The molecule has 1 atom stereocenters. The van der Waals surface area contributed by atoms with E-state index in [1.807, 2.05) is 30.3 Å². The zero-order chi connectivity index (χ0) is 19.6. The Morgan fingerprint density at radius 3 is 2.41 bits per heavy atom. The normalized spacial score (nSPS) is 15.9. The maximum Gasteiger partial charge on any atom is 0.219 e. The van der Waals surface area contributed by atoms with E-state index in [0.29, 0.717) is 30.9 Å². The molecule has 27 heavy (non-hydrogen) atoms. The topological polar surface area (TPSA) is 68.2 Å². The number of aromatic hydroxyl groups is 1. The molecule has 1 unspecified atom stereocenters. The Kier molecular flexibility index (Phi) is 5.44. The Hall–Kier alpha value is -2.89. The van der Waals surface area contributed by atoms with Crippen LogP contribution in [-0.2, 0) is 17.6 Å². The molecule has 0 aliphatic carbocycles. The van der Waals surface area contributed by atoms with E-state index in [-0.39, 0.29) is 17.7 Å². The molecule has 0 spiro atoms. The third-order valence-corrected chi connectivity index (χ3v) is 5.09. The number of ether oxygens (including phenoxy) is 3. The Morgan fingerprint density at radius 1 is 1.15 bits per heavy atom. The molecule has 1 N–H and O–H groups in total. The standard InChI is InChI=1S/C21H25NO5/c1-13(23)22-10-9-15-12-18(26-3)21(27-4)20(24)19(15)17(22)11-14-5-7-16(25-2)8-6-14/h5-8,12,17,24H,9-11H2,1-4H3. The van der Waals surface area contributed by atoms with Gasteiger partial charge < -0.3 is 24.2 Å². The van der Waals surface area contributed by atoms with Gasteiger partial charge in [-0.1, -0.05) is 12.1 Å². The van der Waals surface area contributed by atoms with Gasteiger partial charge in [0.15, 0.2) is 11.5 Å². The number of phenols is 1.